The van der Waals surface area contributed by atoms with Gasteiger partial charge < -0.3 is 0 Å². The Labute approximate surface area is 78.8 Å². The fourth-order valence-corrected chi connectivity index (χ4v) is 0.794. The zero-order valence-corrected chi connectivity index (χ0v) is 8.09. The van der Waals surface area contributed by atoms with Crippen molar-refractivity contribution in [3.05, 3.63) is 30.3 Å². The Morgan fingerprint density at radius 2 is 1.92 bits per heavy atom. The molecule has 0 saturated heterocycles. The first-order chi connectivity index (χ1) is 5.83. The first-order valence-electron chi connectivity index (χ1n) is 3.40. The number of hydrogen-bond acceptors (Lipinski definition) is 4. The van der Waals surface area contributed by atoms with Crippen LogP contribution in [-0.4, -0.2) is 20.2 Å². The molecule has 0 radical (unpaired) electrons. The number of para-hydroxylation sites is 1. The maximum absolute atomic E-state index is 5.12. The van der Waals surface area contributed by atoms with Crippen molar-refractivity contribution in [1.82, 2.24) is 10.9 Å². The predicted molar refractivity (Wildman–Crippen MR) is 51.3 cm³/mol. The molecule has 12 heavy (non-hydrogen) atoms. The van der Waals surface area contributed by atoms with Crippen LogP contribution in [0.2, 0.25) is 0 Å². The molecule has 0 aliphatic heterocycles. The van der Waals surface area contributed by atoms with Crippen LogP contribution in [0.25, 0.3) is 0 Å². The van der Waals surface area contributed by atoms with Crippen LogP contribution in [0.4, 0.5) is 5.69 Å². The number of hydrazine groups is 2. The summed E-state index contributed by atoms with van der Waals surface area (Å²) >= 11 is 2.70. The topological polar surface area (TPSA) is 62.1 Å². The molecule has 0 aromatic heterocycles. The minimum atomic E-state index is 0.638. The average Bonchev–Trinajstić information content (AvgIpc) is 2.16. The van der Waals surface area contributed by atoms with E-state index in [1.165, 1.54) is 0 Å². The van der Waals surface area contributed by atoms with E-state index in [0.717, 1.165) is 5.69 Å². The molecule has 0 heterocycles. The van der Waals surface area contributed by atoms with Gasteiger partial charge in [-0.25, -0.2) is 0 Å². The molecule has 0 unspecified atom stereocenters. The van der Waals surface area contributed by atoms with Gasteiger partial charge in [-0.3, -0.25) is 0 Å². The second-order valence-electron chi connectivity index (χ2n) is 2.09. The van der Waals surface area contributed by atoms with E-state index in [2.05, 4.69) is 31.9 Å². The van der Waals surface area contributed by atoms with Crippen molar-refractivity contribution in [3.8, 4) is 0 Å². The molecule has 0 aliphatic carbocycles. The van der Waals surface area contributed by atoms with Crippen LogP contribution in [0.5, 0.6) is 0 Å². The van der Waals surface area contributed by atoms with Gasteiger partial charge >= 0.3 is 78.4 Å². The van der Waals surface area contributed by atoms with E-state index in [9.17, 15) is 0 Å². The van der Waals surface area contributed by atoms with Crippen LogP contribution in [0.1, 0.15) is 0 Å². The van der Waals surface area contributed by atoms with Crippen molar-refractivity contribution in [2.45, 2.75) is 0 Å². The summed E-state index contributed by atoms with van der Waals surface area (Å²) in [6, 6.07) is 9.72. The Morgan fingerprint density at radius 3 is 2.50 bits per heavy atom. The van der Waals surface area contributed by atoms with E-state index in [1.807, 2.05) is 30.3 Å². The number of nitrogens with two attached hydrogens (primary N) is 1. The molecule has 0 fully saturated rings. The quantitative estimate of drug-likeness (QED) is 0.314. The third kappa shape index (κ3) is 2.92. The normalized spacial score (nSPS) is 8.75. The Hall–Kier alpha value is -1.03. The molecule has 5 N–H and O–H groups in total. The van der Waals surface area contributed by atoms with Crippen molar-refractivity contribution in [1.29, 1.82) is 0 Å². The third-order valence-corrected chi connectivity index (χ3v) is 1.69. The number of nitrogens with one attached hydrogen (secondary N) is 3. The number of benzene rings is 1. The van der Waals surface area contributed by atoms with Crippen molar-refractivity contribution < 1.29 is 0 Å². The van der Waals surface area contributed by atoms with Crippen LogP contribution in [0.15, 0.2) is 30.3 Å². The summed E-state index contributed by atoms with van der Waals surface area (Å²) in [5.74, 6) is 5.12. The molecule has 0 amide bonds. The first kappa shape index (κ1) is 9.06. The van der Waals surface area contributed by atoms with Gasteiger partial charge in [0.2, 0.25) is 0 Å². The molecule has 0 aliphatic rings. The minimum absolute atomic E-state index is 0.638. The van der Waals surface area contributed by atoms with Gasteiger partial charge in [0.25, 0.3) is 0 Å². The van der Waals surface area contributed by atoms with Gasteiger partial charge in [-0.2, -0.15) is 0 Å². The van der Waals surface area contributed by atoms with E-state index >= 15 is 0 Å². The first-order valence-corrected chi connectivity index (χ1v) is 4.26. The molecular formula is C7H10N4Se. The Bertz CT molecular complexity index is 249. The summed E-state index contributed by atoms with van der Waals surface area (Å²) < 4.78 is 0.638. The van der Waals surface area contributed by atoms with E-state index in [0.29, 0.717) is 4.67 Å². The summed E-state index contributed by atoms with van der Waals surface area (Å²) in [5, 5.41) is 0. The van der Waals surface area contributed by atoms with Crippen LogP contribution >= 0.6 is 0 Å². The van der Waals surface area contributed by atoms with Crippen molar-refractivity contribution in [2.75, 3.05) is 5.43 Å². The molecule has 0 saturated carbocycles. The van der Waals surface area contributed by atoms with Crippen LogP contribution < -0.4 is 22.1 Å². The molecular weight excluding hydrogens is 219 g/mol. The van der Waals surface area contributed by atoms with Gasteiger partial charge in [0, 0.05) is 0 Å². The standard InChI is InChI=1S/C7H10N4Se/c8-9-7(12)11-10-6-4-2-1-3-5-6/h1-5,10H,8H2,(H2,9,11,12). The SMILES string of the molecule is NNC(=[Se])NNc1ccccc1. The molecule has 64 valence electrons. The van der Waals surface area contributed by atoms with Crippen molar-refractivity contribution in [2.24, 2.45) is 5.84 Å². The third-order valence-electron chi connectivity index (χ3n) is 1.23. The molecule has 4 nitrogen and oxygen atoms in total. The number of rotatable bonds is 4. The maximum atomic E-state index is 5.12. The zero-order valence-electron chi connectivity index (χ0n) is 6.37. The molecule has 0 spiro atoms. The molecule has 1 rings (SSSR count). The van der Waals surface area contributed by atoms with E-state index in [-0.39, 0.29) is 0 Å². The van der Waals surface area contributed by atoms with E-state index < -0.39 is 0 Å². The van der Waals surface area contributed by atoms with Crippen molar-refractivity contribution >= 4 is 25.9 Å². The monoisotopic (exact) mass is 230 g/mol. The Kier molecular flexibility index (Phi) is 3.60. The van der Waals surface area contributed by atoms with Gasteiger partial charge in [0.05, 0.1) is 0 Å². The molecule has 1 aromatic carbocycles. The Balaban J connectivity index is 2.38. The summed E-state index contributed by atoms with van der Waals surface area (Å²) in [4.78, 5) is 0. The van der Waals surface area contributed by atoms with Gasteiger partial charge in [0.15, 0.2) is 0 Å². The zero-order chi connectivity index (χ0) is 8.81. The summed E-state index contributed by atoms with van der Waals surface area (Å²) in [6.07, 6.45) is 0. The number of anilines is 1. The number of hydrogen-bond donors (Lipinski definition) is 4. The Morgan fingerprint density at radius 1 is 1.25 bits per heavy atom. The van der Waals surface area contributed by atoms with Gasteiger partial charge in [0.1, 0.15) is 0 Å². The molecule has 1 aromatic rings. The molecule has 5 heteroatoms. The summed E-state index contributed by atoms with van der Waals surface area (Å²) in [7, 11) is 0. The molecule has 0 atom stereocenters. The van der Waals surface area contributed by atoms with Crippen LogP contribution in [0.3, 0.4) is 0 Å². The van der Waals surface area contributed by atoms with Crippen molar-refractivity contribution in [3.63, 3.8) is 0 Å². The fourth-order valence-electron chi connectivity index (χ4n) is 0.687. The summed E-state index contributed by atoms with van der Waals surface area (Å²) in [5.41, 5.74) is 9.15. The van der Waals surface area contributed by atoms with Gasteiger partial charge in [-0.05, 0) is 0 Å². The van der Waals surface area contributed by atoms with Gasteiger partial charge in [-0.1, -0.05) is 0 Å². The fraction of sp³-hybridized carbons (Fsp3) is 0. The second-order valence-corrected chi connectivity index (χ2v) is 2.95. The molecule has 0 bridgehead atoms. The summed E-state index contributed by atoms with van der Waals surface area (Å²) in [6.45, 7) is 0. The average molecular weight is 229 g/mol. The van der Waals surface area contributed by atoms with Gasteiger partial charge in [-0.15, -0.1) is 0 Å². The van der Waals surface area contributed by atoms with E-state index in [1.54, 1.807) is 0 Å². The van der Waals surface area contributed by atoms with E-state index in [4.69, 9.17) is 5.84 Å². The van der Waals surface area contributed by atoms with Crippen LogP contribution in [-0.2, 0) is 0 Å². The predicted octanol–water partition coefficient (Wildman–Crippen LogP) is -0.678. The van der Waals surface area contributed by atoms with Crippen LogP contribution in [0, 0.1) is 0 Å². The second kappa shape index (κ2) is 4.77.